The molecule has 2 heterocycles. The Balaban J connectivity index is 2.01. The molecule has 1 saturated heterocycles. The lowest BCUT2D eigenvalue weighted by Gasteiger charge is -2.20. The molecule has 0 aromatic carbocycles. The number of likely N-dealkylation sites (tertiary alicyclic amines) is 1. The van der Waals surface area contributed by atoms with Gasteiger partial charge in [0.2, 0.25) is 5.91 Å². The number of rotatable bonds is 3. The number of nitrogens with two attached hydrogens (primary N) is 1. The van der Waals surface area contributed by atoms with Crippen LogP contribution in [0.4, 0.5) is 0 Å². The number of thiophene rings is 1. The predicted molar refractivity (Wildman–Crippen MR) is 70.9 cm³/mol. The second-order valence-corrected chi connectivity index (χ2v) is 5.43. The summed E-state index contributed by atoms with van der Waals surface area (Å²) in [5, 5.41) is 8.63. The first-order valence-corrected chi connectivity index (χ1v) is 6.74. The molecule has 0 aliphatic carbocycles. The molecule has 1 aromatic heterocycles. The Bertz CT molecular complexity index is 487. The number of nitrogens with zero attached hydrogens (tertiary/aromatic N) is 1. The summed E-state index contributed by atoms with van der Waals surface area (Å²) in [4.78, 5) is 15.5. The third-order valence-corrected chi connectivity index (χ3v) is 3.99. The summed E-state index contributed by atoms with van der Waals surface area (Å²) in [6.07, 6.45) is 1.88. The summed E-state index contributed by atoms with van der Waals surface area (Å²) in [5.74, 6) is 5.28. The molecule has 18 heavy (non-hydrogen) atoms. The number of primary amides is 1. The molecule has 1 amide bonds. The molecule has 0 saturated carbocycles. The van der Waals surface area contributed by atoms with Gasteiger partial charge in [-0.25, -0.2) is 0 Å². The third kappa shape index (κ3) is 3.10. The largest absolute Gasteiger partial charge is 0.384 e. The lowest BCUT2D eigenvalue weighted by Crippen LogP contribution is -2.39. The monoisotopic (exact) mass is 264 g/mol. The first-order valence-electron chi connectivity index (χ1n) is 5.92. The van der Waals surface area contributed by atoms with Crippen LogP contribution in [-0.2, 0) is 11.3 Å². The molecule has 1 fully saturated rings. The van der Waals surface area contributed by atoms with Gasteiger partial charge in [-0.3, -0.25) is 9.69 Å². The van der Waals surface area contributed by atoms with Crippen LogP contribution in [0.15, 0.2) is 12.1 Å². The summed E-state index contributed by atoms with van der Waals surface area (Å²) in [6, 6.07) is 3.83. The van der Waals surface area contributed by atoms with E-state index in [0.29, 0.717) is 0 Å². The average Bonchev–Trinajstić information content (AvgIpc) is 2.96. The summed E-state index contributed by atoms with van der Waals surface area (Å²) in [7, 11) is 0. The zero-order chi connectivity index (χ0) is 13.0. The fourth-order valence-electron chi connectivity index (χ4n) is 2.19. The zero-order valence-electron chi connectivity index (χ0n) is 10.1. The lowest BCUT2D eigenvalue weighted by molar-refractivity contribution is -0.122. The average molecular weight is 264 g/mol. The van der Waals surface area contributed by atoms with Crippen molar-refractivity contribution in [2.75, 3.05) is 13.2 Å². The van der Waals surface area contributed by atoms with Crippen molar-refractivity contribution in [1.29, 1.82) is 0 Å². The Labute approximate surface area is 110 Å². The molecule has 2 rings (SSSR count). The van der Waals surface area contributed by atoms with Gasteiger partial charge in [0.1, 0.15) is 6.61 Å². The Morgan fingerprint density at radius 1 is 1.61 bits per heavy atom. The van der Waals surface area contributed by atoms with Gasteiger partial charge < -0.3 is 10.8 Å². The van der Waals surface area contributed by atoms with Crippen LogP contribution in [-0.4, -0.2) is 35.1 Å². The first-order chi connectivity index (χ1) is 8.70. The predicted octanol–water partition coefficient (Wildman–Crippen LogP) is 0.542. The van der Waals surface area contributed by atoms with Crippen molar-refractivity contribution in [2.45, 2.75) is 25.4 Å². The van der Waals surface area contributed by atoms with Crippen LogP contribution in [0, 0.1) is 11.8 Å². The van der Waals surface area contributed by atoms with Gasteiger partial charge in [-0.2, -0.15) is 0 Å². The van der Waals surface area contributed by atoms with Crippen molar-refractivity contribution in [3.05, 3.63) is 21.9 Å². The third-order valence-electron chi connectivity index (χ3n) is 3.00. The molecule has 1 aromatic rings. The van der Waals surface area contributed by atoms with Crippen LogP contribution in [0.2, 0.25) is 0 Å². The molecule has 0 radical (unpaired) electrons. The highest BCUT2D eigenvalue weighted by molar-refractivity contribution is 7.12. The van der Waals surface area contributed by atoms with Gasteiger partial charge in [0.25, 0.3) is 0 Å². The van der Waals surface area contributed by atoms with Gasteiger partial charge in [0, 0.05) is 11.4 Å². The molecule has 1 aliphatic heterocycles. The Morgan fingerprint density at radius 2 is 2.44 bits per heavy atom. The van der Waals surface area contributed by atoms with Crippen molar-refractivity contribution in [2.24, 2.45) is 5.73 Å². The van der Waals surface area contributed by atoms with Crippen LogP contribution < -0.4 is 5.73 Å². The van der Waals surface area contributed by atoms with Crippen LogP contribution in [0.25, 0.3) is 0 Å². The van der Waals surface area contributed by atoms with Gasteiger partial charge in [0.15, 0.2) is 0 Å². The number of aliphatic hydroxyl groups excluding tert-OH is 1. The number of carbonyl (C=O) groups is 1. The van der Waals surface area contributed by atoms with E-state index < -0.39 is 0 Å². The second-order valence-electron chi connectivity index (χ2n) is 4.26. The topological polar surface area (TPSA) is 66.6 Å². The van der Waals surface area contributed by atoms with Gasteiger partial charge in [0.05, 0.1) is 10.9 Å². The van der Waals surface area contributed by atoms with E-state index in [0.717, 1.165) is 30.8 Å². The summed E-state index contributed by atoms with van der Waals surface area (Å²) >= 11 is 1.59. The highest BCUT2D eigenvalue weighted by Crippen LogP contribution is 2.23. The fraction of sp³-hybridized carbons (Fsp3) is 0.462. The van der Waals surface area contributed by atoms with E-state index in [1.807, 2.05) is 12.1 Å². The maximum absolute atomic E-state index is 11.3. The molecular formula is C13H16N2O2S. The molecule has 1 atom stereocenters. The van der Waals surface area contributed by atoms with E-state index in [1.165, 1.54) is 4.88 Å². The number of aliphatic hydroxyl groups is 1. The van der Waals surface area contributed by atoms with Crippen LogP contribution in [0.5, 0.6) is 0 Å². The van der Waals surface area contributed by atoms with Gasteiger partial charge in [-0.1, -0.05) is 11.8 Å². The molecular weight excluding hydrogens is 248 g/mol. The molecule has 4 nitrogen and oxygen atoms in total. The fourth-order valence-corrected chi connectivity index (χ4v) is 3.10. The lowest BCUT2D eigenvalue weighted by atomic mass is 10.2. The number of amides is 1. The minimum Gasteiger partial charge on any atom is -0.384 e. The van der Waals surface area contributed by atoms with Crippen LogP contribution >= 0.6 is 11.3 Å². The minimum absolute atomic E-state index is 0.122. The maximum atomic E-state index is 11.3. The van der Waals surface area contributed by atoms with E-state index in [2.05, 4.69) is 16.7 Å². The first kappa shape index (κ1) is 13.1. The van der Waals surface area contributed by atoms with Crippen molar-refractivity contribution in [1.82, 2.24) is 4.90 Å². The van der Waals surface area contributed by atoms with E-state index in [4.69, 9.17) is 10.8 Å². The highest BCUT2D eigenvalue weighted by Gasteiger charge is 2.28. The molecule has 1 unspecified atom stereocenters. The quantitative estimate of drug-likeness (QED) is 0.783. The van der Waals surface area contributed by atoms with Crippen molar-refractivity contribution < 1.29 is 9.90 Å². The standard InChI is InChI=1S/C13H16N2O2S/c14-13(17)12-4-1-7-15(12)9-11-6-5-10(18-11)3-2-8-16/h5-6,12,16H,1,4,7-9H2,(H2,14,17). The smallest absolute Gasteiger partial charge is 0.234 e. The number of carbonyl (C=O) groups excluding carboxylic acids is 1. The van der Waals surface area contributed by atoms with Gasteiger partial charge in [-0.15, -0.1) is 11.3 Å². The summed E-state index contributed by atoms with van der Waals surface area (Å²) in [5.41, 5.74) is 5.39. The van der Waals surface area contributed by atoms with Crippen molar-refractivity contribution >= 4 is 17.2 Å². The maximum Gasteiger partial charge on any atom is 0.234 e. The molecule has 3 N–H and O–H groups in total. The van der Waals surface area contributed by atoms with Gasteiger partial charge >= 0.3 is 0 Å². The zero-order valence-corrected chi connectivity index (χ0v) is 10.9. The van der Waals surface area contributed by atoms with Crippen LogP contribution in [0.3, 0.4) is 0 Å². The Hall–Kier alpha value is -1.35. The normalized spacial score (nSPS) is 19.5. The van der Waals surface area contributed by atoms with Crippen molar-refractivity contribution in [3.8, 4) is 11.8 Å². The van der Waals surface area contributed by atoms with E-state index in [1.54, 1.807) is 11.3 Å². The molecule has 1 aliphatic rings. The van der Waals surface area contributed by atoms with E-state index >= 15 is 0 Å². The second kappa shape index (κ2) is 6.01. The molecule has 0 bridgehead atoms. The minimum atomic E-state index is -0.232. The number of hydrogen-bond donors (Lipinski definition) is 2. The van der Waals surface area contributed by atoms with E-state index in [-0.39, 0.29) is 18.6 Å². The van der Waals surface area contributed by atoms with Crippen molar-refractivity contribution in [3.63, 3.8) is 0 Å². The molecule has 96 valence electrons. The Morgan fingerprint density at radius 3 is 3.17 bits per heavy atom. The van der Waals surface area contributed by atoms with Crippen LogP contribution in [0.1, 0.15) is 22.6 Å². The van der Waals surface area contributed by atoms with Gasteiger partial charge in [-0.05, 0) is 31.5 Å². The summed E-state index contributed by atoms with van der Waals surface area (Å²) in [6.45, 7) is 1.55. The Kier molecular flexibility index (Phi) is 4.37. The molecule has 5 heteroatoms. The summed E-state index contributed by atoms with van der Waals surface area (Å²) < 4.78 is 0. The van der Waals surface area contributed by atoms with E-state index in [9.17, 15) is 4.79 Å². The highest BCUT2D eigenvalue weighted by atomic mass is 32.1. The SMILES string of the molecule is NC(=O)C1CCCN1Cc1ccc(C#CCO)s1. The number of hydrogen-bond acceptors (Lipinski definition) is 4. The molecule has 0 spiro atoms.